The summed E-state index contributed by atoms with van der Waals surface area (Å²) in [5.74, 6) is 1.29. The van der Waals surface area contributed by atoms with E-state index in [2.05, 4.69) is 19.9 Å². The third kappa shape index (κ3) is 3.42. The molecule has 2 heteroatoms. The Labute approximate surface area is 61.4 Å². The Bertz CT molecular complexity index is 106. The zero-order chi connectivity index (χ0) is 7.28. The Kier molecular flexibility index (Phi) is 4.61. The van der Waals surface area contributed by atoms with Crippen LogP contribution in [0.25, 0.3) is 0 Å². The molecule has 0 saturated heterocycles. The van der Waals surface area contributed by atoms with Gasteiger partial charge in [-0.1, -0.05) is 13.8 Å². The Balaban J connectivity index is 3.48. The normalized spacial score (nSPS) is 16.2. The van der Waals surface area contributed by atoms with Crippen molar-refractivity contribution in [3.8, 4) is 6.07 Å². The second-order valence-electron chi connectivity index (χ2n) is 2.08. The molecule has 0 aliphatic rings. The molecule has 0 aromatic carbocycles. The largest absolute Gasteiger partial charge is 0.198 e. The molecule has 1 nitrogen and oxygen atoms in total. The van der Waals surface area contributed by atoms with Crippen molar-refractivity contribution < 1.29 is 0 Å². The third-order valence-corrected chi connectivity index (χ3v) is 2.60. The molecule has 0 aliphatic carbocycles. The summed E-state index contributed by atoms with van der Waals surface area (Å²) in [4.78, 5) is 0. The number of hydrogen-bond donors (Lipinski definition) is 0. The van der Waals surface area contributed by atoms with Gasteiger partial charge in [-0.2, -0.15) is 17.0 Å². The fourth-order valence-corrected chi connectivity index (χ4v) is 1.39. The first-order chi connectivity index (χ1) is 4.22. The smallest absolute Gasteiger partial charge is 0.0664 e. The molecule has 0 aromatic heterocycles. The molecule has 2 atom stereocenters. The van der Waals surface area contributed by atoms with Crippen molar-refractivity contribution in [1.29, 1.82) is 5.26 Å². The van der Waals surface area contributed by atoms with Gasteiger partial charge in [-0.15, -0.1) is 0 Å². The first-order valence-electron chi connectivity index (χ1n) is 3.23. The average molecular weight is 143 g/mol. The Morgan fingerprint density at radius 3 is 2.44 bits per heavy atom. The molecule has 0 spiro atoms. The fourth-order valence-electron chi connectivity index (χ4n) is 0.512. The minimum Gasteiger partial charge on any atom is -0.198 e. The molecule has 0 bridgehead atoms. The molecule has 0 aromatic rings. The molecule has 0 fully saturated rings. The average Bonchev–Trinajstić information content (AvgIpc) is 1.87. The van der Waals surface area contributed by atoms with Crippen LogP contribution in [-0.2, 0) is 0 Å². The van der Waals surface area contributed by atoms with Crippen LogP contribution in [0.5, 0.6) is 0 Å². The second-order valence-corrected chi connectivity index (χ2v) is 3.73. The van der Waals surface area contributed by atoms with E-state index in [4.69, 9.17) is 5.26 Å². The molecule has 0 N–H and O–H groups in total. The summed E-state index contributed by atoms with van der Waals surface area (Å²) in [6.45, 7) is 6.18. The number of nitriles is 1. The molecule has 0 heterocycles. The monoisotopic (exact) mass is 143 g/mol. The highest BCUT2D eigenvalue weighted by atomic mass is 32.2. The molecule has 9 heavy (non-hydrogen) atoms. The first kappa shape index (κ1) is 8.84. The van der Waals surface area contributed by atoms with Crippen LogP contribution in [0.1, 0.15) is 20.8 Å². The number of rotatable bonds is 3. The van der Waals surface area contributed by atoms with E-state index in [0.717, 1.165) is 5.75 Å². The van der Waals surface area contributed by atoms with Crippen LogP contribution in [0.3, 0.4) is 0 Å². The summed E-state index contributed by atoms with van der Waals surface area (Å²) < 4.78 is 0. The van der Waals surface area contributed by atoms with E-state index >= 15 is 0 Å². The van der Waals surface area contributed by atoms with Gasteiger partial charge < -0.3 is 0 Å². The van der Waals surface area contributed by atoms with Crippen molar-refractivity contribution in [2.45, 2.75) is 26.0 Å². The molecule has 0 radical (unpaired) electrons. The van der Waals surface area contributed by atoms with Gasteiger partial charge in [-0.25, -0.2) is 0 Å². The van der Waals surface area contributed by atoms with E-state index in [1.54, 1.807) is 0 Å². The van der Waals surface area contributed by atoms with Crippen LogP contribution in [0.2, 0.25) is 0 Å². The quantitative estimate of drug-likeness (QED) is 0.605. The van der Waals surface area contributed by atoms with Crippen LogP contribution in [0, 0.1) is 17.2 Å². The highest BCUT2D eigenvalue weighted by Crippen LogP contribution is 2.17. The Hall–Kier alpha value is -0.160. The first-order valence-corrected chi connectivity index (χ1v) is 4.28. The van der Waals surface area contributed by atoms with Gasteiger partial charge in [0, 0.05) is 5.25 Å². The van der Waals surface area contributed by atoms with Gasteiger partial charge in [0.05, 0.1) is 12.0 Å². The standard InChI is InChI=1S/C7H13NS/c1-4-9-7(3)6(2)5-8/h6-7H,4H2,1-3H3/t6?,7-/m1/s1. The zero-order valence-corrected chi connectivity index (χ0v) is 7.03. The summed E-state index contributed by atoms with van der Waals surface area (Å²) in [6, 6.07) is 2.23. The van der Waals surface area contributed by atoms with Crippen LogP contribution in [0.4, 0.5) is 0 Å². The lowest BCUT2D eigenvalue weighted by Gasteiger charge is -2.10. The van der Waals surface area contributed by atoms with Crippen molar-refractivity contribution in [2.75, 3.05) is 5.75 Å². The summed E-state index contributed by atoms with van der Waals surface area (Å²) in [5.41, 5.74) is 0. The molecule has 0 rings (SSSR count). The maximum Gasteiger partial charge on any atom is 0.0664 e. The van der Waals surface area contributed by atoms with Crippen molar-refractivity contribution >= 4 is 11.8 Å². The zero-order valence-electron chi connectivity index (χ0n) is 6.22. The van der Waals surface area contributed by atoms with Crippen LogP contribution in [-0.4, -0.2) is 11.0 Å². The van der Waals surface area contributed by atoms with Gasteiger partial charge in [0.2, 0.25) is 0 Å². The van der Waals surface area contributed by atoms with E-state index in [1.807, 2.05) is 18.7 Å². The minimum atomic E-state index is 0.190. The van der Waals surface area contributed by atoms with Crippen LogP contribution >= 0.6 is 11.8 Å². The number of hydrogen-bond acceptors (Lipinski definition) is 2. The summed E-state index contributed by atoms with van der Waals surface area (Å²) in [6.07, 6.45) is 0. The molecule has 0 amide bonds. The molecular formula is C7H13NS. The van der Waals surface area contributed by atoms with Gasteiger partial charge in [-0.3, -0.25) is 0 Å². The highest BCUT2D eigenvalue weighted by Gasteiger charge is 2.09. The van der Waals surface area contributed by atoms with Crippen molar-refractivity contribution in [2.24, 2.45) is 5.92 Å². The van der Waals surface area contributed by atoms with E-state index in [9.17, 15) is 0 Å². The molecule has 1 unspecified atom stereocenters. The van der Waals surface area contributed by atoms with E-state index < -0.39 is 0 Å². The fraction of sp³-hybridized carbons (Fsp3) is 0.857. The highest BCUT2D eigenvalue weighted by molar-refractivity contribution is 7.99. The van der Waals surface area contributed by atoms with Gasteiger partial charge in [-0.05, 0) is 12.7 Å². The van der Waals surface area contributed by atoms with E-state index in [-0.39, 0.29) is 5.92 Å². The molecule has 0 saturated carbocycles. The predicted octanol–water partition coefficient (Wildman–Crippen LogP) is 2.29. The van der Waals surface area contributed by atoms with E-state index in [0.29, 0.717) is 5.25 Å². The SMILES string of the molecule is CCS[C@H](C)C(C)C#N. The summed E-state index contributed by atoms with van der Waals surface area (Å²) in [5, 5.41) is 8.95. The van der Waals surface area contributed by atoms with Crippen LogP contribution in [0.15, 0.2) is 0 Å². The van der Waals surface area contributed by atoms with Crippen molar-refractivity contribution in [1.82, 2.24) is 0 Å². The third-order valence-electron chi connectivity index (χ3n) is 1.34. The second kappa shape index (κ2) is 4.69. The van der Waals surface area contributed by atoms with Gasteiger partial charge in [0.25, 0.3) is 0 Å². The van der Waals surface area contributed by atoms with Gasteiger partial charge >= 0.3 is 0 Å². The number of nitrogens with zero attached hydrogens (tertiary/aromatic N) is 1. The lowest BCUT2D eigenvalue weighted by molar-refractivity contribution is 0.731. The van der Waals surface area contributed by atoms with Crippen molar-refractivity contribution in [3.05, 3.63) is 0 Å². The van der Waals surface area contributed by atoms with Crippen LogP contribution < -0.4 is 0 Å². The Morgan fingerprint density at radius 1 is 1.56 bits per heavy atom. The summed E-state index contributed by atoms with van der Waals surface area (Å²) >= 11 is 1.84. The van der Waals surface area contributed by atoms with E-state index in [1.165, 1.54) is 0 Å². The lowest BCUT2D eigenvalue weighted by Crippen LogP contribution is -2.07. The molecule has 0 aliphatic heterocycles. The topological polar surface area (TPSA) is 23.8 Å². The number of thioether (sulfide) groups is 1. The molecule has 52 valence electrons. The maximum atomic E-state index is 8.47. The van der Waals surface area contributed by atoms with Gasteiger partial charge in [0.15, 0.2) is 0 Å². The molecular weight excluding hydrogens is 130 g/mol. The summed E-state index contributed by atoms with van der Waals surface area (Å²) in [7, 11) is 0. The van der Waals surface area contributed by atoms with Crippen molar-refractivity contribution in [3.63, 3.8) is 0 Å². The minimum absolute atomic E-state index is 0.190. The lowest BCUT2D eigenvalue weighted by atomic mass is 10.1. The Morgan fingerprint density at radius 2 is 2.11 bits per heavy atom. The predicted molar refractivity (Wildman–Crippen MR) is 42.4 cm³/mol. The maximum absolute atomic E-state index is 8.47. The van der Waals surface area contributed by atoms with Gasteiger partial charge in [0.1, 0.15) is 0 Å².